The van der Waals surface area contributed by atoms with E-state index in [-0.39, 0.29) is 11.7 Å². The highest BCUT2D eigenvalue weighted by Crippen LogP contribution is 2.37. The largest absolute Gasteiger partial charge is 0.496 e. The fourth-order valence-electron chi connectivity index (χ4n) is 2.18. The number of methoxy groups -OCH3 is 1. The molecule has 88 valence electrons. The Bertz CT molecular complexity index is 378. The highest BCUT2D eigenvalue weighted by molar-refractivity contribution is 9.10. The van der Waals surface area contributed by atoms with Crippen LogP contribution in [0.25, 0.3) is 0 Å². The maximum absolute atomic E-state index is 13.8. The van der Waals surface area contributed by atoms with Crippen molar-refractivity contribution in [3.05, 3.63) is 28.0 Å². The summed E-state index contributed by atoms with van der Waals surface area (Å²) in [6, 6.07) is 3.13. The minimum atomic E-state index is -0.152. The van der Waals surface area contributed by atoms with Gasteiger partial charge in [-0.05, 0) is 47.4 Å². The average molecular weight is 288 g/mol. The number of piperidine rings is 1. The zero-order valence-electron chi connectivity index (χ0n) is 9.22. The van der Waals surface area contributed by atoms with Gasteiger partial charge in [0.25, 0.3) is 0 Å². The fraction of sp³-hybridized carbons (Fsp3) is 0.500. The first kappa shape index (κ1) is 11.9. The third kappa shape index (κ3) is 2.23. The third-order valence-corrected chi connectivity index (χ3v) is 3.83. The molecule has 0 aliphatic carbocycles. The number of hydrogen-bond acceptors (Lipinski definition) is 2. The second-order valence-electron chi connectivity index (χ2n) is 4.02. The summed E-state index contributed by atoms with van der Waals surface area (Å²) >= 11 is 3.44. The summed E-state index contributed by atoms with van der Waals surface area (Å²) in [7, 11) is 1.60. The van der Waals surface area contributed by atoms with Crippen molar-refractivity contribution in [3.8, 4) is 5.75 Å². The molecule has 0 bridgehead atoms. The summed E-state index contributed by atoms with van der Waals surface area (Å²) in [4.78, 5) is 0. The first-order chi connectivity index (χ1) is 7.74. The number of halogens is 2. The molecule has 0 amide bonds. The minimum Gasteiger partial charge on any atom is -0.496 e. The molecule has 1 aliphatic rings. The van der Waals surface area contributed by atoms with Crippen molar-refractivity contribution in [2.45, 2.75) is 18.8 Å². The SMILES string of the molecule is COc1ccc(F)c(C2CCCNC2)c1Br. The molecule has 16 heavy (non-hydrogen) atoms. The normalized spacial score (nSPS) is 20.8. The Morgan fingerprint density at radius 1 is 1.50 bits per heavy atom. The van der Waals surface area contributed by atoms with E-state index in [9.17, 15) is 4.39 Å². The van der Waals surface area contributed by atoms with E-state index in [4.69, 9.17) is 4.74 Å². The Hall–Kier alpha value is -0.610. The second kappa shape index (κ2) is 5.15. The van der Waals surface area contributed by atoms with Crippen LogP contribution in [0.4, 0.5) is 4.39 Å². The van der Waals surface area contributed by atoms with Crippen molar-refractivity contribution in [1.82, 2.24) is 5.32 Å². The van der Waals surface area contributed by atoms with Crippen LogP contribution < -0.4 is 10.1 Å². The summed E-state index contributed by atoms with van der Waals surface area (Å²) < 4.78 is 19.8. The predicted octanol–water partition coefficient (Wildman–Crippen LogP) is 3.06. The Kier molecular flexibility index (Phi) is 3.82. The van der Waals surface area contributed by atoms with Gasteiger partial charge in [0.05, 0.1) is 11.6 Å². The molecule has 1 atom stereocenters. The topological polar surface area (TPSA) is 21.3 Å². The molecule has 2 nitrogen and oxygen atoms in total. The van der Waals surface area contributed by atoms with E-state index in [1.165, 1.54) is 6.07 Å². The van der Waals surface area contributed by atoms with Gasteiger partial charge >= 0.3 is 0 Å². The Morgan fingerprint density at radius 3 is 2.94 bits per heavy atom. The van der Waals surface area contributed by atoms with Gasteiger partial charge < -0.3 is 10.1 Å². The summed E-state index contributed by atoms with van der Waals surface area (Å²) in [6.07, 6.45) is 2.11. The van der Waals surface area contributed by atoms with Gasteiger partial charge in [-0.3, -0.25) is 0 Å². The molecule has 1 heterocycles. The van der Waals surface area contributed by atoms with Gasteiger partial charge in [-0.2, -0.15) is 0 Å². The molecule has 1 saturated heterocycles. The van der Waals surface area contributed by atoms with E-state index in [0.29, 0.717) is 5.75 Å². The number of benzene rings is 1. The zero-order valence-corrected chi connectivity index (χ0v) is 10.8. The van der Waals surface area contributed by atoms with Crippen LogP contribution in [-0.4, -0.2) is 20.2 Å². The van der Waals surface area contributed by atoms with Crippen molar-refractivity contribution in [2.75, 3.05) is 20.2 Å². The molecule has 1 aromatic carbocycles. The molecule has 2 rings (SSSR count). The van der Waals surface area contributed by atoms with Crippen molar-refractivity contribution in [3.63, 3.8) is 0 Å². The highest BCUT2D eigenvalue weighted by atomic mass is 79.9. The second-order valence-corrected chi connectivity index (χ2v) is 4.81. The molecule has 1 aliphatic heterocycles. The lowest BCUT2D eigenvalue weighted by atomic mass is 9.91. The summed E-state index contributed by atoms with van der Waals surface area (Å²) in [5, 5.41) is 3.30. The van der Waals surface area contributed by atoms with E-state index in [2.05, 4.69) is 21.2 Å². The van der Waals surface area contributed by atoms with Gasteiger partial charge in [0.1, 0.15) is 11.6 Å². The lowest BCUT2D eigenvalue weighted by molar-refractivity contribution is 0.403. The van der Waals surface area contributed by atoms with E-state index >= 15 is 0 Å². The van der Waals surface area contributed by atoms with Crippen LogP contribution in [0, 0.1) is 5.82 Å². The first-order valence-electron chi connectivity index (χ1n) is 5.46. The smallest absolute Gasteiger partial charge is 0.133 e. The molecule has 0 radical (unpaired) electrons. The summed E-state index contributed by atoms with van der Waals surface area (Å²) in [6.45, 7) is 1.86. The molecule has 1 aromatic rings. The summed E-state index contributed by atoms with van der Waals surface area (Å²) in [5.74, 6) is 0.779. The van der Waals surface area contributed by atoms with Crippen molar-refractivity contribution in [1.29, 1.82) is 0 Å². The van der Waals surface area contributed by atoms with Crippen LogP contribution in [-0.2, 0) is 0 Å². The Morgan fingerprint density at radius 2 is 2.31 bits per heavy atom. The van der Waals surface area contributed by atoms with E-state index in [0.717, 1.165) is 36.0 Å². The molecule has 1 unspecified atom stereocenters. The molecule has 0 saturated carbocycles. The zero-order chi connectivity index (χ0) is 11.5. The van der Waals surface area contributed by atoms with Crippen molar-refractivity contribution in [2.24, 2.45) is 0 Å². The van der Waals surface area contributed by atoms with Crippen LogP contribution in [0.5, 0.6) is 5.75 Å². The van der Waals surface area contributed by atoms with Crippen LogP contribution in [0.2, 0.25) is 0 Å². The molecular formula is C12H15BrFNO. The standard InChI is InChI=1S/C12H15BrFNO/c1-16-10-5-4-9(14)11(12(10)13)8-3-2-6-15-7-8/h4-5,8,15H,2-3,6-7H2,1H3. The number of ether oxygens (including phenoxy) is 1. The molecule has 1 N–H and O–H groups in total. The maximum atomic E-state index is 13.8. The van der Waals surface area contributed by atoms with Crippen molar-refractivity contribution < 1.29 is 9.13 Å². The van der Waals surface area contributed by atoms with Gasteiger partial charge in [0.15, 0.2) is 0 Å². The monoisotopic (exact) mass is 287 g/mol. The third-order valence-electron chi connectivity index (χ3n) is 3.02. The Balaban J connectivity index is 2.37. The fourth-order valence-corrected chi connectivity index (χ4v) is 2.99. The van der Waals surface area contributed by atoms with Crippen LogP contribution in [0.1, 0.15) is 24.3 Å². The number of hydrogen-bond donors (Lipinski definition) is 1. The first-order valence-corrected chi connectivity index (χ1v) is 6.26. The van der Waals surface area contributed by atoms with Gasteiger partial charge in [-0.15, -0.1) is 0 Å². The van der Waals surface area contributed by atoms with Crippen LogP contribution in [0.3, 0.4) is 0 Å². The molecule has 0 spiro atoms. The summed E-state index contributed by atoms with van der Waals surface area (Å²) in [5.41, 5.74) is 0.742. The van der Waals surface area contributed by atoms with E-state index < -0.39 is 0 Å². The van der Waals surface area contributed by atoms with Gasteiger partial charge in [0.2, 0.25) is 0 Å². The minimum absolute atomic E-state index is 0.152. The highest BCUT2D eigenvalue weighted by Gasteiger charge is 2.23. The maximum Gasteiger partial charge on any atom is 0.133 e. The van der Waals surface area contributed by atoms with Crippen molar-refractivity contribution >= 4 is 15.9 Å². The van der Waals surface area contributed by atoms with E-state index in [1.807, 2.05) is 0 Å². The van der Waals surface area contributed by atoms with E-state index in [1.54, 1.807) is 13.2 Å². The lowest BCUT2D eigenvalue weighted by Gasteiger charge is -2.25. The van der Waals surface area contributed by atoms with Gasteiger partial charge in [-0.25, -0.2) is 4.39 Å². The van der Waals surface area contributed by atoms with Gasteiger partial charge in [0, 0.05) is 18.0 Å². The van der Waals surface area contributed by atoms with Crippen LogP contribution >= 0.6 is 15.9 Å². The average Bonchev–Trinajstić information content (AvgIpc) is 2.31. The predicted molar refractivity (Wildman–Crippen MR) is 65.5 cm³/mol. The number of nitrogens with one attached hydrogen (secondary N) is 1. The molecule has 0 aromatic heterocycles. The van der Waals surface area contributed by atoms with Gasteiger partial charge in [-0.1, -0.05) is 0 Å². The lowest BCUT2D eigenvalue weighted by Crippen LogP contribution is -2.29. The van der Waals surface area contributed by atoms with Crippen LogP contribution in [0.15, 0.2) is 16.6 Å². The number of rotatable bonds is 2. The molecular weight excluding hydrogens is 273 g/mol. The Labute approximate surface area is 103 Å². The molecule has 4 heteroatoms. The quantitative estimate of drug-likeness (QED) is 0.903. The molecule has 1 fully saturated rings.